The number of carbonyl (C=O) groups excluding carboxylic acids is 1. The van der Waals surface area contributed by atoms with E-state index in [4.69, 9.17) is 9.05 Å². The summed E-state index contributed by atoms with van der Waals surface area (Å²) in [6, 6.07) is -0.771. The summed E-state index contributed by atoms with van der Waals surface area (Å²) in [5.41, 5.74) is 0. The zero-order chi connectivity index (χ0) is 52.7. The molecule has 3 unspecified atom stereocenters. The monoisotopic (exact) mass is 1030 g/mol. The minimum Gasteiger partial charge on any atom is -0.391 e. The Balaban J connectivity index is 4.15. The van der Waals surface area contributed by atoms with Gasteiger partial charge in [-0.05, 0) is 57.8 Å². The van der Waals surface area contributed by atoms with Gasteiger partial charge < -0.3 is 19.8 Å². The molecule has 0 heterocycles. The number of nitrogens with one attached hydrogen (secondary N) is 1. The first-order valence-electron chi connectivity index (χ1n) is 30.7. The Labute approximate surface area is 447 Å². The molecule has 1 amide bonds. The van der Waals surface area contributed by atoms with E-state index in [9.17, 15) is 19.4 Å². The zero-order valence-electron chi connectivity index (χ0n) is 48.2. The van der Waals surface area contributed by atoms with E-state index in [-0.39, 0.29) is 19.1 Å². The fourth-order valence-corrected chi connectivity index (χ4v) is 9.75. The van der Waals surface area contributed by atoms with Gasteiger partial charge in [-0.25, -0.2) is 4.57 Å². The maximum absolute atomic E-state index is 13.0. The Hall–Kier alpha value is -1.80. The van der Waals surface area contributed by atoms with Gasteiger partial charge in [-0.1, -0.05) is 280 Å². The zero-order valence-corrected chi connectivity index (χ0v) is 49.1. The van der Waals surface area contributed by atoms with Gasteiger partial charge in [-0.15, -0.1) is 0 Å². The fraction of sp³-hybridized carbons (Fsp3) is 0.825. The van der Waals surface area contributed by atoms with Crippen molar-refractivity contribution in [2.75, 3.05) is 40.9 Å². The van der Waals surface area contributed by atoms with Gasteiger partial charge in [-0.3, -0.25) is 13.8 Å². The van der Waals surface area contributed by atoms with Crippen LogP contribution in [0.5, 0.6) is 0 Å². The van der Waals surface area contributed by atoms with Crippen LogP contribution in [0.4, 0.5) is 0 Å². The van der Waals surface area contributed by atoms with Crippen LogP contribution in [-0.4, -0.2) is 73.4 Å². The molecule has 0 spiro atoms. The summed E-state index contributed by atoms with van der Waals surface area (Å²) in [6.07, 6.45) is 72.9. The minimum atomic E-state index is -4.33. The molecule has 0 aliphatic rings. The predicted octanol–water partition coefficient (Wildman–Crippen LogP) is 18.9. The Kier molecular flexibility index (Phi) is 52.7. The van der Waals surface area contributed by atoms with Gasteiger partial charge in [0.2, 0.25) is 5.91 Å². The van der Waals surface area contributed by atoms with Crippen LogP contribution in [0, 0.1) is 0 Å². The highest BCUT2D eigenvalue weighted by Gasteiger charge is 2.28. The van der Waals surface area contributed by atoms with Crippen LogP contribution in [0.2, 0.25) is 0 Å². The van der Waals surface area contributed by atoms with E-state index < -0.39 is 20.0 Å². The number of hydrogen-bond donors (Lipinski definition) is 3. The number of aliphatic hydroxyl groups excluding tert-OH is 1. The first kappa shape index (κ1) is 70.2. The number of allylic oxidation sites excluding steroid dienone is 10. The lowest BCUT2D eigenvalue weighted by molar-refractivity contribution is -0.870. The molecule has 0 aliphatic heterocycles. The molecule has 0 fully saturated rings. The number of hydrogen-bond acceptors (Lipinski definition) is 5. The van der Waals surface area contributed by atoms with E-state index in [1.165, 1.54) is 180 Å². The van der Waals surface area contributed by atoms with E-state index in [0.29, 0.717) is 23.9 Å². The number of phosphoric acid groups is 1. The van der Waals surface area contributed by atoms with E-state index in [1.54, 1.807) is 0 Å². The first-order chi connectivity index (χ1) is 35.0. The van der Waals surface area contributed by atoms with Crippen LogP contribution in [0.3, 0.4) is 0 Å². The lowest BCUT2D eigenvalue weighted by Crippen LogP contribution is -2.46. The van der Waals surface area contributed by atoms with Gasteiger partial charge in [0, 0.05) is 6.42 Å². The molecule has 422 valence electrons. The maximum atomic E-state index is 13.0. The maximum Gasteiger partial charge on any atom is 0.472 e. The third-order valence-corrected chi connectivity index (χ3v) is 14.8. The van der Waals surface area contributed by atoms with Crippen molar-refractivity contribution in [2.45, 2.75) is 296 Å². The van der Waals surface area contributed by atoms with Crippen LogP contribution in [-0.2, 0) is 18.4 Å². The number of amides is 1. The third kappa shape index (κ3) is 55.9. The molecule has 0 rings (SSSR count). The lowest BCUT2D eigenvalue weighted by Gasteiger charge is -2.26. The molecule has 0 aromatic heterocycles. The topological polar surface area (TPSA) is 105 Å². The average molecular weight is 1030 g/mol. The number of unbranched alkanes of at least 4 members (excludes halogenated alkanes) is 33. The highest BCUT2D eigenvalue weighted by molar-refractivity contribution is 7.47. The van der Waals surface area contributed by atoms with Crippen molar-refractivity contribution in [3.05, 3.63) is 60.8 Å². The molecule has 72 heavy (non-hydrogen) atoms. The molecular weight excluding hydrogens is 912 g/mol. The largest absolute Gasteiger partial charge is 0.472 e. The second-order valence-corrected chi connectivity index (χ2v) is 23.5. The summed E-state index contributed by atoms with van der Waals surface area (Å²) in [4.78, 5) is 23.4. The standard InChI is InChI=1S/C63H119N2O6P/c1-6-8-10-12-14-16-18-20-22-24-26-28-30-31-32-33-35-36-38-40-42-44-46-48-50-52-54-56-62(66)61(60-71-72(68,69)70-59-58-65(3,4)5)64-63(67)57-55-53-51-49-47-45-43-41-39-37-34-29-27-25-23-21-19-17-15-13-11-9-7-2/h9,11,15,17,21,23,27,29,37,39,61-62,66H,6-8,10,12-14,16,18-20,22,24-26,28,30-36,38,40-60H2,1-5H3,(H-,64,67,68,69)/p+1/b11-9-,17-15-,23-21-,29-27-,39-37-. The van der Waals surface area contributed by atoms with Crippen LogP contribution in [0.1, 0.15) is 284 Å². The number of carbonyl (C=O) groups is 1. The molecule has 0 aromatic carbocycles. The van der Waals surface area contributed by atoms with Crippen LogP contribution >= 0.6 is 7.82 Å². The third-order valence-electron chi connectivity index (χ3n) is 13.8. The van der Waals surface area contributed by atoms with Crippen molar-refractivity contribution >= 4 is 13.7 Å². The number of nitrogens with zero attached hydrogens (tertiary/aromatic N) is 1. The van der Waals surface area contributed by atoms with Crippen molar-refractivity contribution in [1.29, 1.82) is 0 Å². The van der Waals surface area contributed by atoms with Gasteiger partial charge in [0.1, 0.15) is 13.2 Å². The number of aliphatic hydroxyl groups is 1. The van der Waals surface area contributed by atoms with Crippen LogP contribution < -0.4 is 5.32 Å². The molecule has 0 bridgehead atoms. The Bertz CT molecular complexity index is 1360. The molecule has 0 saturated carbocycles. The second-order valence-electron chi connectivity index (χ2n) is 22.1. The Morgan fingerprint density at radius 3 is 1.22 bits per heavy atom. The van der Waals surface area contributed by atoms with Crippen molar-refractivity contribution < 1.29 is 32.9 Å². The Morgan fingerprint density at radius 1 is 0.486 bits per heavy atom. The van der Waals surface area contributed by atoms with E-state index in [2.05, 4.69) is 79.9 Å². The summed E-state index contributed by atoms with van der Waals surface area (Å²) in [6.45, 7) is 4.79. The summed E-state index contributed by atoms with van der Waals surface area (Å²) >= 11 is 0. The molecule has 3 atom stereocenters. The van der Waals surface area contributed by atoms with Crippen LogP contribution in [0.25, 0.3) is 0 Å². The molecule has 8 nitrogen and oxygen atoms in total. The van der Waals surface area contributed by atoms with Gasteiger partial charge in [0.05, 0.1) is 39.9 Å². The van der Waals surface area contributed by atoms with E-state index in [1.807, 2.05) is 21.1 Å². The number of rotatable bonds is 56. The van der Waals surface area contributed by atoms with Crippen molar-refractivity contribution in [3.63, 3.8) is 0 Å². The second kappa shape index (κ2) is 54.0. The molecule has 0 radical (unpaired) electrons. The number of phosphoric ester groups is 1. The van der Waals surface area contributed by atoms with E-state index >= 15 is 0 Å². The van der Waals surface area contributed by atoms with Crippen molar-refractivity contribution in [3.8, 4) is 0 Å². The molecule has 0 aromatic rings. The van der Waals surface area contributed by atoms with Gasteiger partial charge >= 0.3 is 7.82 Å². The van der Waals surface area contributed by atoms with E-state index in [0.717, 1.165) is 77.0 Å². The number of likely N-dealkylation sites (N-methyl/N-ethyl adjacent to an activating group) is 1. The SMILES string of the molecule is CC/C=C\C/C=C\C/C=C\C/C=C\C/C=C\CCCCCCCCCC(=O)NC(COP(=O)(O)OCC[N+](C)(C)C)C(O)CCCCCCCCCCCCCCCCCCCCCCCCCCCCC. The highest BCUT2D eigenvalue weighted by Crippen LogP contribution is 2.43. The normalized spacial score (nSPS) is 14.3. The molecular formula is C63H120N2O6P+. The van der Waals surface area contributed by atoms with Crippen molar-refractivity contribution in [1.82, 2.24) is 5.32 Å². The molecule has 0 saturated heterocycles. The average Bonchev–Trinajstić information content (AvgIpc) is 3.34. The summed E-state index contributed by atoms with van der Waals surface area (Å²) in [5.74, 6) is -0.154. The summed E-state index contributed by atoms with van der Waals surface area (Å²) in [5, 5.41) is 14.1. The summed E-state index contributed by atoms with van der Waals surface area (Å²) in [7, 11) is 1.61. The minimum absolute atomic E-state index is 0.0702. The molecule has 9 heteroatoms. The Morgan fingerprint density at radius 2 is 0.833 bits per heavy atom. The highest BCUT2D eigenvalue weighted by atomic mass is 31.2. The number of quaternary nitrogens is 1. The molecule has 3 N–H and O–H groups in total. The lowest BCUT2D eigenvalue weighted by atomic mass is 10.0. The smallest absolute Gasteiger partial charge is 0.391 e. The van der Waals surface area contributed by atoms with Gasteiger partial charge in [0.25, 0.3) is 0 Å². The molecule has 0 aliphatic carbocycles. The fourth-order valence-electron chi connectivity index (χ4n) is 9.02. The quantitative estimate of drug-likeness (QED) is 0.0243. The van der Waals surface area contributed by atoms with Crippen molar-refractivity contribution in [2.24, 2.45) is 0 Å². The first-order valence-corrected chi connectivity index (χ1v) is 32.1. The van der Waals surface area contributed by atoms with Gasteiger partial charge in [-0.2, -0.15) is 0 Å². The van der Waals surface area contributed by atoms with Gasteiger partial charge in [0.15, 0.2) is 0 Å². The summed E-state index contributed by atoms with van der Waals surface area (Å²) < 4.78 is 23.8. The predicted molar refractivity (Wildman–Crippen MR) is 314 cm³/mol. The van der Waals surface area contributed by atoms with Crippen LogP contribution in [0.15, 0.2) is 60.8 Å².